The molecule has 0 radical (unpaired) electrons. The van der Waals surface area contributed by atoms with E-state index in [1.807, 2.05) is 13.8 Å². The van der Waals surface area contributed by atoms with Gasteiger partial charge in [0, 0.05) is 5.57 Å². The largest absolute Gasteiger partial charge is 0.511 e. The molecule has 90 valence electrons. The molecule has 0 saturated heterocycles. The van der Waals surface area contributed by atoms with Crippen LogP contribution in [0.1, 0.15) is 41.5 Å². The minimum absolute atomic E-state index is 0.0585. The number of hydrogen-bond donors (Lipinski definition) is 1. The van der Waals surface area contributed by atoms with Crippen LogP contribution in [-0.4, -0.2) is 16.7 Å². The Hall–Kier alpha value is -1.12. The highest BCUT2D eigenvalue weighted by Crippen LogP contribution is 2.44. The Morgan fingerprint density at radius 1 is 1.00 bits per heavy atom. The maximum absolute atomic E-state index is 12.2. The van der Waals surface area contributed by atoms with Gasteiger partial charge >= 0.3 is 0 Å². The first-order chi connectivity index (χ1) is 7.04. The standard InChI is InChI=1S/C13H20O3/c1-7(2)8-9(14)12(3,4)11(16)13(5,6)10(8)15/h7,14H,1-6H3. The van der Waals surface area contributed by atoms with Gasteiger partial charge in [0.1, 0.15) is 5.76 Å². The van der Waals surface area contributed by atoms with Crippen molar-refractivity contribution < 1.29 is 14.7 Å². The summed E-state index contributed by atoms with van der Waals surface area (Å²) >= 11 is 0. The molecular weight excluding hydrogens is 204 g/mol. The molecule has 0 atom stereocenters. The molecule has 0 unspecified atom stereocenters. The third-order valence-corrected chi connectivity index (χ3v) is 3.37. The summed E-state index contributed by atoms with van der Waals surface area (Å²) in [4.78, 5) is 24.3. The highest BCUT2D eigenvalue weighted by molar-refractivity contribution is 6.19. The number of Topliss-reactive ketones (excluding diaryl/α,β-unsaturated/α-hetero) is 2. The molecule has 3 heteroatoms. The van der Waals surface area contributed by atoms with E-state index < -0.39 is 10.8 Å². The van der Waals surface area contributed by atoms with Crippen molar-refractivity contribution in [2.75, 3.05) is 0 Å². The second kappa shape index (κ2) is 3.44. The third kappa shape index (κ3) is 1.49. The summed E-state index contributed by atoms with van der Waals surface area (Å²) in [5.74, 6) is -0.591. The fraction of sp³-hybridized carbons (Fsp3) is 0.692. The number of carbonyl (C=O) groups excluding carboxylic acids is 2. The smallest absolute Gasteiger partial charge is 0.175 e. The van der Waals surface area contributed by atoms with Gasteiger partial charge in [0.15, 0.2) is 11.6 Å². The predicted octanol–water partition coefficient (Wildman–Crippen LogP) is 2.66. The van der Waals surface area contributed by atoms with Crippen LogP contribution in [0.3, 0.4) is 0 Å². The van der Waals surface area contributed by atoms with Gasteiger partial charge in [0.2, 0.25) is 0 Å². The Bertz CT molecular complexity index is 384. The molecule has 0 amide bonds. The van der Waals surface area contributed by atoms with E-state index in [2.05, 4.69) is 0 Å². The van der Waals surface area contributed by atoms with Crippen LogP contribution < -0.4 is 0 Å². The quantitative estimate of drug-likeness (QED) is 0.697. The number of rotatable bonds is 1. The number of ketones is 2. The molecule has 0 aliphatic heterocycles. The van der Waals surface area contributed by atoms with Crippen molar-refractivity contribution in [3.8, 4) is 0 Å². The fourth-order valence-corrected chi connectivity index (χ4v) is 2.31. The van der Waals surface area contributed by atoms with E-state index in [0.717, 1.165) is 0 Å². The summed E-state index contributed by atoms with van der Waals surface area (Å²) in [5.41, 5.74) is -1.60. The lowest BCUT2D eigenvalue weighted by atomic mass is 9.62. The number of allylic oxidation sites excluding steroid dienone is 2. The van der Waals surface area contributed by atoms with Gasteiger partial charge in [-0.25, -0.2) is 0 Å². The van der Waals surface area contributed by atoms with Crippen molar-refractivity contribution >= 4 is 11.6 Å². The van der Waals surface area contributed by atoms with Crippen LogP contribution in [0.15, 0.2) is 11.3 Å². The molecule has 1 aliphatic rings. The topological polar surface area (TPSA) is 54.4 Å². The van der Waals surface area contributed by atoms with E-state index in [0.29, 0.717) is 5.57 Å². The van der Waals surface area contributed by atoms with Gasteiger partial charge in [0.25, 0.3) is 0 Å². The highest BCUT2D eigenvalue weighted by atomic mass is 16.3. The monoisotopic (exact) mass is 224 g/mol. The van der Waals surface area contributed by atoms with Gasteiger partial charge in [0.05, 0.1) is 10.8 Å². The molecule has 0 heterocycles. The van der Waals surface area contributed by atoms with Crippen LogP contribution in [0, 0.1) is 16.7 Å². The SMILES string of the molecule is CC(C)C1=C(O)C(C)(C)C(=O)C(C)(C)C1=O. The lowest BCUT2D eigenvalue weighted by Gasteiger charge is -2.39. The second-order valence-electron chi connectivity index (χ2n) is 5.83. The summed E-state index contributed by atoms with van der Waals surface area (Å²) in [6.07, 6.45) is 0. The van der Waals surface area contributed by atoms with Crippen molar-refractivity contribution in [3.63, 3.8) is 0 Å². The van der Waals surface area contributed by atoms with E-state index in [9.17, 15) is 14.7 Å². The average molecular weight is 224 g/mol. The summed E-state index contributed by atoms with van der Waals surface area (Å²) in [5, 5.41) is 10.1. The molecule has 0 aromatic heterocycles. The zero-order chi connectivity index (χ0) is 12.9. The van der Waals surface area contributed by atoms with Crippen LogP contribution in [0.4, 0.5) is 0 Å². The Morgan fingerprint density at radius 3 is 1.81 bits per heavy atom. The Kier molecular flexibility index (Phi) is 2.78. The molecule has 0 aromatic carbocycles. The fourth-order valence-electron chi connectivity index (χ4n) is 2.31. The second-order valence-corrected chi connectivity index (χ2v) is 5.83. The van der Waals surface area contributed by atoms with Gasteiger partial charge < -0.3 is 5.11 Å². The molecule has 0 fully saturated rings. The van der Waals surface area contributed by atoms with Crippen LogP contribution in [-0.2, 0) is 9.59 Å². The first-order valence-corrected chi connectivity index (χ1v) is 5.58. The number of aliphatic hydroxyl groups excluding tert-OH is 1. The normalized spacial score (nSPS) is 24.2. The van der Waals surface area contributed by atoms with Crippen molar-refractivity contribution in [1.29, 1.82) is 0 Å². The average Bonchev–Trinajstić information content (AvgIpc) is 2.14. The molecular formula is C13H20O3. The summed E-state index contributed by atoms with van der Waals surface area (Å²) < 4.78 is 0. The Labute approximate surface area is 96.5 Å². The first-order valence-electron chi connectivity index (χ1n) is 5.58. The third-order valence-electron chi connectivity index (χ3n) is 3.37. The number of carbonyl (C=O) groups is 2. The lowest BCUT2D eigenvalue weighted by molar-refractivity contribution is -0.144. The van der Waals surface area contributed by atoms with E-state index in [1.54, 1.807) is 27.7 Å². The number of aliphatic hydroxyl groups is 1. The van der Waals surface area contributed by atoms with Crippen molar-refractivity contribution in [2.24, 2.45) is 16.7 Å². The molecule has 1 N–H and O–H groups in total. The molecule has 0 aromatic rings. The molecule has 0 saturated carbocycles. The van der Waals surface area contributed by atoms with Gasteiger partial charge in [-0.1, -0.05) is 13.8 Å². The van der Waals surface area contributed by atoms with E-state index in [4.69, 9.17) is 0 Å². The van der Waals surface area contributed by atoms with Gasteiger partial charge in [-0.15, -0.1) is 0 Å². The van der Waals surface area contributed by atoms with Crippen LogP contribution in [0.5, 0.6) is 0 Å². The van der Waals surface area contributed by atoms with Crippen LogP contribution in [0.2, 0.25) is 0 Å². The van der Waals surface area contributed by atoms with Crippen LogP contribution >= 0.6 is 0 Å². The Morgan fingerprint density at radius 2 is 1.44 bits per heavy atom. The van der Waals surface area contributed by atoms with Crippen molar-refractivity contribution in [2.45, 2.75) is 41.5 Å². The minimum atomic E-state index is -1.03. The predicted molar refractivity (Wildman–Crippen MR) is 62.1 cm³/mol. The maximum Gasteiger partial charge on any atom is 0.175 e. The zero-order valence-electron chi connectivity index (χ0n) is 10.8. The minimum Gasteiger partial charge on any atom is -0.511 e. The van der Waals surface area contributed by atoms with E-state index in [-0.39, 0.29) is 23.2 Å². The van der Waals surface area contributed by atoms with Gasteiger partial charge in [-0.05, 0) is 33.6 Å². The first kappa shape index (κ1) is 12.9. The summed E-state index contributed by atoms with van der Waals surface area (Å²) in [6.45, 7) is 10.3. The molecule has 1 rings (SSSR count). The molecule has 1 aliphatic carbocycles. The van der Waals surface area contributed by atoms with Gasteiger partial charge in [-0.3, -0.25) is 9.59 Å². The molecule has 0 spiro atoms. The van der Waals surface area contributed by atoms with E-state index >= 15 is 0 Å². The summed E-state index contributed by atoms with van der Waals surface area (Å²) in [6, 6.07) is 0. The van der Waals surface area contributed by atoms with E-state index in [1.165, 1.54) is 0 Å². The number of hydrogen-bond acceptors (Lipinski definition) is 3. The zero-order valence-corrected chi connectivity index (χ0v) is 10.8. The Balaban J connectivity index is 3.54. The molecule has 0 bridgehead atoms. The van der Waals surface area contributed by atoms with Crippen LogP contribution in [0.25, 0.3) is 0 Å². The molecule has 16 heavy (non-hydrogen) atoms. The lowest BCUT2D eigenvalue weighted by Crippen LogP contribution is -2.49. The summed E-state index contributed by atoms with van der Waals surface area (Å²) in [7, 11) is 0. The van der Waals surface area contributed by atoms with Gasteiger partial charge in [-0.2, -0.15) is 0 Å². The maximum atomic E-state index is 12.2. The van der Waals surface area contributed by atoms with Crippen molar-refractivity contribution in [3.05, 3.63) is 11.3 Å². The van der Waals surface area contributed by atoms with Crippen molar-refractivity contribution in [1.82, 2.24) is 0 Å². The molecule has 3 nitrogen and oxygen atoms in total. The highest BCUT2D eigenvalue weighted by Gasteiger charge is 2.53.